The molecule has 2 aliphatic carbocycles. The fourth-order valence-electron chi connectivity index (χ4n) is 4.47. The van der Waals surface area contributed by atoms with Crippen LogP contribution in [0.1, 0.15) is 46.0 Å². The van der Waals surface area contributed by atoms with Crippen molar-refractivity contribution in [1.82, 2.24) is 0 Å². The fourth-order valence-corrected chi connectivity index (χ4v) is 4.47. The van der Waals surface area contributed by atoms with E-state index in [0.717, 1.165) is 45.3 Å². The number of hydrogen-bond acceptors (Lipinski definition) is 3. The van der Waals surface area contributed by atoms with Crippen LogP contribution >= 0.6 is 0 Å². The Morgan fingerprint density at radius 3 is 2.50 bits per heavy atom. The van der Waals surface area contributed by atoms with E-state index < -0.39 is 5.79 Å². The summed E-state index contributed by atoms with van der Waals surface area (Å²) in [5.74, 6) is -0.349. The van der Waals surface area contributed by atoms with Crippen molar-refractivity contribution in [2.24, 2.45) is 22.7 Å². The van der Waals surface area contributed by atoms with Gasteiger partial charge < -0.3 is 9.47 Å². The van der Waals surface area contributed by atoms with Gasteiger partial charge in [0.15, 0.2) is 5.79 Å². The molecule has 110 valence electrons. The second-order valence-corrected chi connectivity index (χ2v) is 7.60. The summed E-state index contributed by atoms with van der Waals surface area (Å²) >= 11 is 0. The monoisotopic (exact) mass is 275 g/mol. The number of nitriles is 1. The zero-order chi connectivity index (χ0) is 14.4. The molecular weight excluding hydrogens is 250 g/mol. The third-order valence-electron chi connectivity index (χ3n) is 5.58. The van der Waals surface area contributed by atoms with Crippen molar-refractivity contribution in [1.29, 1.82) is 5.26 Å². The lowest BCUT2D eigenvalue weighted by Crippen LogP contribution is -2.54. The molecule has 3 nitrogen and oxygen atoms in total. The predicted molar refractivity (Wildman–Crippen MR) is 76.7 cm³/mol. The van der Waals surface area contributed by atoms with Crippen molar-refractivity contribution >= 4 is 0 Å². The van der Waals surface area contributed by atoms with Crippen molar-refractivity contribution in [3.8, 4) is 6.07 Å². The normalized spacial score (nSPS) is 41.9. The van der Waals surface area contributed by atoms with E-state index in [4.69, 9.17) is 9.47 Å². The summed E-state index contributed by atoms with van der Waals surface area (Å²) in [6, 6.07) is 2.52. The summed E-state index contributed by atoms with van der Waals surface area (Å²) in [4.78, 5) is 0. The average molecular weight is 275 g/mol. The first-order valence-corrected chi connectivity index (χ1v) is 7.78. The summed E-state index contributed by atoms with van der Waals surface area (Å²) in [6.07, 6.45) is 7.23. The maximum atomic E-state index is 9.57. The zero-order valence-corrected chi connectivity index (χ0v) is 12.7. The number of allylic oxidation sites excluding steroid dienone is 1. The van der Waals surface area contributed by atoms with E-state index in [9.17, 15) is 5.26 Å². The lowest BCUT2D eigenvalue weighted by molar-refractivity contribution is -0.325. The summed E-state index contributed by atoms with van der Waals surface area (Å²) < 4.78 is 12.5. The van der Waals surface area contributed by atoms with E-state index in [1.54, 1.807) is 0 Å². The van der Waals surface area contributed by atoms with Crippen molar-refractivity contribution in [2.75, 3.05) is 13.2 Å². The summed E-state index contributed by atoms with van der Waals surface area (Å²) in [6.45, 7) is 9.84. The van der Waals surface area contributed by atoms with Crippen LogP contribution < -0.4 is 0 Å². The summed E-state index contributed by atoms with van der Waals surface area (Å²) in [5, 5.41) is 9.57. The van der Waals surface area contributed by atoms with Crippen LogP contribution in [0.15, 0.2) is 12.7 Å². The third kappa shape index (κ3) is 1.93. The Bertz CT molecular complexity index is 440. The predicted octanol–water partition coefficient (Wildman–Crippen LogP) is 3.66. The fraction of sp³-hybridized carbons (Fsp3) is 0.824. The summed E-state index contributed by atoms with van der Waals surface area (Å²) in [5.41, 5.74) is 0.113. The number of nitrogens with zero attached hydrogens (tertiary/aromatic N) is 1. The van der Waals surface area contributed by atoms with Crippen LogP contribution in [0.4, 0.5) is 0 Å². The molecule has 3 rings (SSSR count). The van der Waals surface area contributed by atoms with Crippen molar-refractivity contribution in [2.45, 2.75) is 51.7 Å². The average Bonchev–Trinajstić information content (AvgIpc) is 2.79. The minimum absolute atomic E-state index is 0.0328. The van der Waals surface area contributed by atoms with Crippen LogP contribution in [0.5, 0.6) is 0 Å². The molecule has 0 bridgehead atoms. The lowest BCUT2D eigenvalue weighted by atomic mass is 9.62. The number of hydrogen-bond donors (Lipinski definition) is 0. The largest absolute Gasteiger partial charge is 0.349 e. The van der Waals surface area contributed by atoms with Gasteiger partial charge in [0.1, 0.15) is 0 Å². The molecule has 0 radical (unpaired) electrons. The Morgan fingerprint density at radius 2 is 1.90 bits per heavy atom. The molecule has 0 aromatic rings. The number of ether oxygens (including phenoxy) is 2. The van der Waals surface area contributed by atoms with Gasteiger partial charge in [0, 0.05) is 17.8 Å². The smallest absolute Gasteiger partial charge is 0.173 e. The maximum absolute atomic E-state index is 9.57. The van der Waals surface area contributed by atoms with E-state index in [-0.39, 0.29) is 22.7 Å². The molecule has 3 atom stereocenters. The standard InChI is InChI=1S/C17H25NO2/c1-4-16-7-5-6-13(10-18)14(16)17(9-8-16)19-11-15(2,3)12-20-17/h4,13-14H,1,5-9,11-12H2,2-3H3/t13-,14-,16-/m0/s1. The molecule has 1 heterocycles. The highest BCUT2D eigenvalue weighted by Gasteiger charge is 2.63. The van der Waals surface area contributed by atoms with E-state index in [1.165, 1.54) is 0 Å². The van der Waals surface area contributed by atoms with Gasteiger partial charge >= 0.3 is 0 Å². The molecule has 1 saturated heterocycles. The van der Waals surface area contributed by atoms with Crippen molar-refractivity contribution in [3.63, 3.8) is 0 Å². The second kappa shape index (κ2) is 4.58. The third-order valence-corrected chi connectivity index (χ3v) is 5.58. The Labute approximate surface area is 121 Å². The minimum atomic E-state index is -0.537. The van der Waals surface area contributed by atoms with Gasteiger partial charge in [0.25, 0.3) is 0 Å². The molecule has 0 N–H and O–H groups in total. The number of rotatable bonds is 1. The van der Waals surface area contributed by atoms with Crippen LogP contribution in [0, 0.1) is 34.0 Å². The molecule has 0 aromatic carbocycles. The van der Waals surface area contributed by atoms with Gasteiger partial charge in [-0.15, -0.1) is 6.58 Å². The molecule has 0 unspecified atom stereocenters. The van der Waals surface area contributed by atoms with E-state index in [2.05, 4.69) is 32.6 Å². The van der Waals surface area contributed by atoms with Gasteiger partial charge in [-0.05, 0) is 24.7 Å². The molecule has 1 spiro atoms. The topological polar surface area (TPSA) is 42.2 Å². The van der Waals surface area contributed by atoms with Gasteiger partial charge in [-0.1, -0.05) is 26.3 Å². The lowest BCUT2D eigenvalue weighted by Gasteiger charge is -2.50. The van der Waals surface area contributed by atoms with Crippen LogP contribution in [0.25, 0.3) is 0 Å². The number of fused-ring (bicyclic) bond motifs is 2. The molecule has 3 heteroatoms. The molecule has 20 heavy (non-hydrogen) atoms. The van der Waals surface area contributed by atoms with Crippen LogP contribution in [0.2, 0.25) is 0 Å². The van der Waals surface area contributed by atoms with E-state index in [0.29, 0.717) is 0 Å². The highest BCUT2D eigenvalue weighted by atomic mass is 16.7. The first-order valence-electron chi connectivity index (χ1n) is 7.78. The Hall–Kier alpha value is -0.850. The molecule has 0 aromatic heterocycles. The Morgan fingerprint density at radius 1 is 1.20 bits per heavy atom. The van der Waals surface area contributed by atoms with Gasteiger partial charge in [-0.25, -0.2) is 0 Å². The van der Waals surface area contributed by atoms with Gasteiger partial charge in [0.05, 0.1) is 25.2 Å². The summed E-state index contributed by atoms with van der Waals surface area (Å²) in [7, 11) is 0. The maximum Gasteiger partial charge on any atom is 0.173 e. The van der Waals surface area contributed by atoms with Crippen molar-refractivity contribution in [3.05, 3.63) is 12.7 Å². The van der Waals surface area contributed by atoms with Gasteiger partial charge in [-0.3, -0.25) is 0 Å². The first-order chi connectivity index (χ1) is 9.47. The quantitative estimate of drug-likeness (QED) is 0.686. The van der Waals surface area contributed by atoms with Crippen LogP contribution in [0.3, 0.4) is 0 Å². The first kappa shape index (κ1) is 14.1. The Kier molecular flexibility index (Phi) is 3.23. The minimum Gasteiger partial charge on any atom is -0.349 e. The van der Waals surface area contributed by atoms with Crippen LogP contribution in [-0.4, -0.2) is 19.0 Å². The van der Waals surface area contributed by atoms with Gasteiger partial charge in [-0.2, -0.15) is 5.26 Å². The van der Waals surface area contributed by atoms with Gasteiger partial charge in [0.2, 0.25) is 0 Å². The molecule has 0 amide bonds. The van der Waals surface area contributed by atoms with E-state index >= 15 is 0 Å². The molecule has 1 aliphatic heterocycles. The van der Waals surface area contributed by atoms with Crippen LogP contribution in [-0.2, 0) is 9.47 Å². The zero-order valence-electron chi connectivity index (χ0n) is 12.7. The second-order valence-electron chi connectivity index (χ2n) is 7.60. The highest BCUT2D eigenvalue weighted by molar-refractivity contribution is 5.17. The molecular formula is C17H25NO2. The highest BCUT2D eigenvalue weighted by Crippen LogP contribution is 2.62. The van der Waals surface area contributed by atoms with E-state index in [1.807, 2.05) is 0 Å². The molecule has 2 saturated carbocycles. The molecule has 3 aliphatic rings. The molecule has 3 fully saturated rings. The SMILES string of the molecule is C=C[C@@]12CCC[C@@H](C#N)[C@@H]1C1(CC2)OCC(C)(C)CO1. The Balaban J connectivity index is 1.94. The van der Waals surface area contributed by atoms with Crippen molar-refractivity contribution < 1.29 is 9.47 Å².